The number of pyridine rings is 3. The monoisotopic (exact) mass is 1760 g/mol. The molecule has 0 atom stereocenters. The number of hydrogen-bond acceptors (Lipinski definition) is 25. The van der Waals surface area contributed by atoms with Gasteiger partial charge in [-0.3, -0.25) is 0 Å². The van der Waals surface area contributed by atoms with Crippen molar-refractivity contribution in [3.63, 3.8) is 0 Å². The molecule has 6 aromatic heterocycles. The van der Waals surface area contributed by atoms with Gasteiger partial charge in [0.05, 0.1) is 32.5 Å². The predicted octanol–water partition coefficient (Wildman–Crippen LogP) is 15.9. The number of piperazine rings is 2. The summed E-state index contributed by atoms with van der Waals surface area (Å²) in [6, 6.07) is 17.4. The van der Waals surface area contributed by atoms with Gasteiger partial charge in [0.2, 0.25) is 0 Å². The number of nitrogens with zero attached hydrogens (tertiary/aromatic N) is 21. The van der Waals surface area contributed by atoms with E-state index in [-0.39, 0.29) is 78.7 Å². The van der Waals surface area contributed by atoms with Gasteiger partial charge in [0.15, 0.2) is 52.4 Å². The van der Waals surface area contributed by atoms with Crippen molar-refractivity contribution >= 4 is 99.4 Å². The summed E-state index contributed by atoms with van der Waals surface area (Å²) in [4.78, 5) is 57.6. The van der Waals surface area contributed by atoms with Crippen LogP contribution in [0.1, 0.15) is 144 Å². The van der Waals surface area contributed by atoms with E-state index in [1.807, 2.05) is 83.1 Å². The number of hydrogen-bond donors (Lipinski definition) is 4. The van der Waals surface area contributed by atoms with Crippen molar-refractivity contribution in [1.29, 1.82) is 0 Å². The molecule has 12 rings (SSSR count). The van der Waals surface area contributed by atoms with Crippen LogP contribution in [0.2, 0.25) is 0 Å². The van der Waals surface area contributed by atoms with Crippen molar-refractivity contribution < 1.29 is 54.9 Å². The number of nitrogens with one attached hydrogen (secondary N) is 3. The van der Waals surface area contributed by atoms with Gasteiger partial charge in [0.1, 0.15) is 51.3 Å². The zero-order valence-electron chi connectivity index (χ0n) is 68.2. The van der Waals surface area contributed by atoms with Gasteiger partial charge in [-0.15, -0.1) is 15.3 Å². The minimum atomic E-state index is -1.08. The number of anilines is 5. The third-order valence-corrected chi connectivity index (χ3v) is 17.5. The molecule has 9 aromatic rings. The minimum absolute atomic E-state index is 0.0276. The van der Waals surface area contributed by atoms with Gasteiger partial charge in [-0.1, -0.05) is 0 Å². The van der Waals surface area contributed by atoms with Gasteiger partial charge < -0.3 is 54.7 Å². The molecule has 40 heteroatoms. The van der Waals surface area contributed by atoms with E-state index >= 15 is 17.6 Å². The summed E-state index contributed by atoms with van der Waals surface area (Å²) in [5, 5.41) is 44.7. The molecular formula is C76H98BBr2F6N24O6S. The fraction of sp³-hybridized carbons (Fsp3) is 0.487. The number of benzene rings is 3. The van der Waals surface area contributed by atoms with Crippen molar-refractivity contribution in [2.45, 2.75) is 177 Å². The molecule has 3 fully saturated rings. The van der Waals surface area contributed by atoms with Crippen LogP contribution < -0.4 is 25.8 Å². The molecule has 0 spiro atoms. The normalized spacial score (nSPS) is 14.1. The van der Waals surface area contributed by atoms with Gasteiger partial charge in [0.25, 0.3) is 0 Å². The first kappa shape index (κ1) is 91.4. The topological polar surface area (TPSA) is 313 Å². The van der Waals surface area contributed by atoms with Crippen molar-refractivity contribution in [3.05, 3.63) is 129 Å². The van der Waals surface area contributed by atoms with Gasteiger partial charge in [-0.2, -0.15) is 14.0 Å². The van der Waals surface area contributed by atoms with Crippen molar-refractivity contribution in [1.82, 2.24) is 90.3 Å². The Morgan fingerprint density at radius 3 is 1.07 bits per heavy atom. The number of rotatable bonds is 11. The van der Waals surface area contributed by atoms with E-state index in [1.54, 1.807) is 115 Å². The number of carbonyl (C=O) groups is 3. The van der Waals surface area contributed by atoms with Gasteiger partial charge in [-0.05, 0) is 274 Å². The summed E-state index contributed by atoms with van der Waals surface area (Å²) in [5.74, 6) is -4.00. The zero-order valence-corrected chi connectivity index (χ0v) is 72.2. The van der Waals surface area contributed by atoms with Crippen molar-refractivity contribution in [2.24, 2.45) is 4.30 Å². The van der Waals surface area contributed by atoms with Crippen LogP contribution in [-0.2, 0) is 14.2 Å². The van der Waals surface area contributed by atoms with E-state index in [1.165, 1.54) is 42.8 Å². The molecule has 3 saturated heterocycles. The predicted molar refractivity (Wildman–Crippen MR) is 441 cm³/mol. The number of carbonyl (C=O) groups excluding carboxylic acids is 3. The summed E-state index contributed by atoms with van der Waals surface area (Å²) in [5.41, 5.74) is -0.960. The standard InChI is InChI=1S/C25H31BrF2N8O2.C25H32F2N8O2.C16H15BrF2N6.C10H19NO2.BHNS/c1-24(2,3)30-21-16(13-15(26)14-29-21)22-31-32-33-36(22)18-8-7-17(19(27)20(18)28)34-9-11-35(12-10-34)23(37)38-25(4,5)6;1-24(2,3)29-21-16(8-7-11-28-21)22-30-31-32-35(22)18-10-9-17(19(26)20(18)27)33-12-14-34(15-13-33)23(36)37-25(4,5)6;1-16(2,3)21-14-9(5-4-8-20-14)15-22-23-24-25(15)11-7-6-10(17)12(18)13(11)19;1-10(2,3)13-9(12)11-7-5-4-6-8-11;1-2-3/h7-8,13-14H,9-12H2,1-6H3,(H,29,30);7-11H,12-15H2,1-6H3,(H,28,29);4-8H,1-3H3,(H,20,21);4-8H2,1-3H3;3H. The molecule has 0 unspecified atom stereocenters. The number of halogens is 8. The third-order valence-electron chi connectivity index (χ3n) is 16.4. The zero-order chi connectivity index (χ0) is 85.6. The SMILES string of the molecule is CC(C)(C)Nc1ncc(Br)cc1-c1nnnn1-c1ccc(N2CCN(C(=O)OC(C)(C)C)CC2)c(F)c1F.CC(C)(C)Nc1ncccc1-c1nnnn1-c1ccc(Br)c(F)c1F.CC(C)(C)Nc1ncccc1-c1nnnn1-c1ccc(N2CCN(C(=O)OC(C)(C)C)CC2)c(F)c1F.CC(C)(C)OC(=O)N1CCCCC1.[B]=NS. The number of amides is 3. The number of tetrazole rings is 3. The van der Waals surface area contributed by atoms with E-state index in [9.17, 15) is 23.2 Å². The molecule has 0 bridgehead atoms. The Morgan fingerprint density at radius 1 is 0.422 bits per heavy atom. The number of likely N-dealkylation sites (tertiary alicyclic amines) is 1. The van der Waals surface area contributed by atoms with Crippen LogP contribution >= 0.6 is 44.7 Å². The van der Waals surface area contributed by atoms with Crippen LogP contribution in [0.15, 0.2) is 98.6 Å². The molecule has 3 aliphatic heterocycles. The summed E-state index contributed by atoms with van der Waals surface area (Å²) in [7, 11) is 4.34. The van der Waals surface area contributed by atoms with Crippen LogP contribution in [0.4, 0.5) is 69.6 Å². The summed E-state index contributed by atoms with van der Waals surface area (Å²) < 4.78 is 113. The Balaban J connectivity index is 0.000000201. The van der Waals surface area contributed by atoms with Crippen LogP contribution in [0.25, 0.3) is 51.2 Å². The van der Waals surface area contributed by atoms with Crippen LogP contribution in [-0.4, -0.2) is 215 Å². The van der Waals surface area contributed by atoms with Crippen LogP contribution in [0, 0.1) is 34.9 Å². The van der Waals surface area contributed by atoms with Crippen LogP contribution in [0.3, 0.4) is 0 Å². The quantitative estimate of drug-likeness (QED) is 0.0307. The number of thiol groups is 1. The number of piperidine rings is 1. The average molecular weight is 1760 g/mol. The van der Waals surface area contributed by atoms with E-state index in [0.717, 1.165) is 40.0 Å². The fourth-order valence-electron chi connectivity index (χ4n) is 11.6. The Kier molecular flexibility index (Phi) is 30.5. The Morgan fingerprint density at radius 2 is 0.724 bits per heavy atom. The molecule has 3 aromatic carbocycles. The van der Waals surface area contributed by atoms with E-state index in [2.05, 4.69) is 134 Å². The first-order valence-corrected chi connectivity index (χ1v) is 39.1. The number of aromatic nitrogens is 15. The second-order valence-corrected chi connectivity index (χ2v) is 34.9. The Bertz CT molecular complexity index is 4870. The summed E-state index contributed by atoms with van der Waals surface area (Å²) >= 11 is 9.56. The second kappa shape index (κ2) is 38.8. The molecule has 30 nitrogen and oxygen atoms in total. The van der Waals surface area contributed by atoms with Crippen molar-refractivity contribution in [3.8, 4) is 51.2 Å². The Labute approximate surface area is 693 Å². The van der Waals surface area contributed by atoms with Crippen LogP contribution in [0.5, 0.6) is 0 Å². The first-order chi connectivity index (χ1) is 54.2. The molecule has 9 heterocycles. The molecule has 623 valence electrons. The first-order valence-electron chi connectivity index (χ1n) is 37.1. The van der Waals surface area contributed by atoms with E-state index in [4.69, 9.17) is 14.2 Å². The van der Waals surface area contributed by atoms with Crippen molar-refractivity contribution in [2.75, 3.05) is 91.2 Å². The molecule has 0 saturated carbocycles. The maximum absolute atomic E-state index is 15.5. The Hall–Kier alpha value is -10.1. The maximum atomic E-state index is 15.5. The molecule has 3 N–H and O–H groups in total. The fourth-order valence-corrected chi connectivity index (χ4v) is 12.2. The summed E-state index contributed by atoms with van der Waals surface area (Å²) in [6.45, 7) is 38.7. The number of ether oxygens (including phenoxy) is 3. The van der Waals surface area contributed by atoms with Gasteiger partial charge in [0, 0.05) is 105 Å². The second-order valence-electron chi connectivity index (χ2n) is 32.9. The van der Waals surface area contributed by atoms with E-state index < -0.39 is 58.3 Å². The summed E-state index contributed by atoms with van der Waals surface area (Å²) in [6.07, 6.45) is 7.34. The molecule has 0 aliphatic carbocycles. The van der Waals surface area contributed by atoms with Gasteiger partial charge in [-0.25, -0.2) is 55.7 Å². The third kappa shape index (κ3) is 25.4. The van der Waals surface area contributed by atoms with Gasteiger partial charge >= 0.3 is 43.0 Å². The molecule has 116 heavy (non-hydrogen) atoms. The molecular weight excluding hydrogens is 1660 g/mol. The average Bonchev–Trinajstić information content (AvgIpc) is 1.57. The molecule has 1 radical (unpaired) electrons. The van der Waals surface area contributed by atoms with E-state index in [0.29, 0.717) is 91.0 Å². The molecule has 3 amide bonds. The molecule has 3 aliphatic rings.